The molecule has 0 spiro atoms. The van der Waals surface area contributed by atoms with Gasteiger partial charge in [0.05, 0.1) is 0 Å². The van der Waals surface area contributed by atoms with Crippen molar-refractivity contribution in [2.75, 3.05) is 18.8 Å². The molecule has 0 saturated heterocycles. The number of anilines is 1. The lowest BCUT2D eigenvalue weighted by molar-refractivity contribution is 0.250. The lowest BCUT2D eigenvalue weighted by atomic mass is 10.2. The molecule has 0 aliphatic carbocycles. The van der Waals surface area contributed by atoms with Gasteiger partial charge in [-0.25, -0.2) is 4.98 Å². The van der Waals surface area contributed by atoms with Gasteiger partial charge in [0.25, 0.3) is 0 Å². The summed E-state index contributed by atoms with van der Waals surface area (Å²) < 4.78 is 0. The normalized spacial score (nSPS) is 11.5. The second kappa shape index (κ2) is 5.32. The van der Waals surface area contributed by atoms with Gasteiger partial charge < -0.3 is 5.73 Å². The highest BCUT2D eigenvalue weighted by Gasteiger charge is 2.07. The fourth-order valence-electron chi connectivity index (χ4n) is 1.44. The molecule has 1 rings (SSSR count). The molecule has 0 atom stereocenters. The molecule has 0 aliphatic heterocycles. The quantitative estimate of drug-likeness (QED) is 0.815. The molecule has 0 radical (unpaired) electrons. The summed E-state index contributed by atoms with van der Waals surface area (Å²) in [6.07, 6.45) is 1.88. The second-order valence-corrected chi connectivity index (χ2v) is 5.03. The summed E-state index contributed by atoms with van der Waals surface area (Å²) in [5.41, 5.74) is 5.59. The highest BCUT2D eigenvalue weighted by Crippen LogP contribution is 2.16. The van der Waals surface area contributed by atoms with E-state index >= 15 is 0 Å². The molecule has 80 valence electrons. The zero-order valence-electron chi connectivity index (χ0n) is 9.16. The third-order valence-corrected chi connectivity index (χ3v) is 2.83. The molecule has 2 N–H and O–H groups in total. The first-order valence-corrected chi connectivity index (χ1v) is 5.86. The lowest BCUT2D eigenvalue weighted by Gasteiger charge is -2.21. The van der Waals surface area contributed by atoms with E-state index in [4.69, 9.17) is 5.73 Å². The van der Waals surface area contributed by atoms with E-state index in [1.807, 2.05) is 6.20 Å². The van der Waals surface area contributed by atoms with E-state index in [1.54, 1.807) is 11.3 Å². The van der Waals surface area contributed by atoms with Crippen LogP contribution < -0.4 is 5.73 Å². The van der Waals surface area contributed by atoms with Crippen molar-refractivity contribution in [1.82, 2.24) is 9.88 Å². The van der Waals surface area contributed by atoms with Gasteiger partial charge in [-0.2, -0.15) is 0 Å². The lowest BCUT2D eigenvalue weighted by Crippen LogP contribution is -2.26. The smallest absolute Gasteiger partial charge is 0.180 e. The molecule has 14 heavy (non-hydrogen) atoms. The minimum absolute atomic E-state index is 0.667. The molecule has 4 heteroatoms. The Morgan fingerprint density at radius 2 is 2.29 bits per heavy atom. The van der Waals surface area contributed by atoms with Crippen LogP contribution in [0.2, 0.25) is 0 Å². The maximum Gasteiger partial charge on any atom is 0.180 e. The average molecular weight is 213 g/mol. The molecule has 1 aromatic heterocycles. The van der Waals surface area contributed by atoms with Crippen molar-refractivity contribution in [3.63, 3.8) is 0 Å². The summed E-state index contributed by atoms with van der Waals surface area (Å²) in [6, 6.07) is 0. The summed E-state index contributed by atoms with van der Waals surface area (Å²) in [6.45, 7) is 9.86. The van der Waals surface area contributed by atoms with Crippen LogP contribution in [-0.4, -0.2) is 23.0 Å². The third kappa shape index (κ3) is 3.64. The van der Waals surface area contributed by atoms with Crippen molar-refractivity contribution >= 4 is 16.5 Å². The molecule has 3 nitrogen and oxygen atoms in total. The number of nitrogens with two attached hydrogens (primary N) is 1. The van der Waals surface area contributed by atoms with Crippen molar-refractivity contribution in [3.05, 3.63) is 11.1 Å². The number of nitrogens with zero attached hydrogens (tertiary/aromatic N) is 2. The minimum Gasteiger partial charge on any atom is -0.375 e. The Kier molecular flexibility index (Phi) is 4.35. The number of thiazole rings is 1. The number of rotatable bonds is 5. The fraction of sp³-hybridized carbons (Fsp3) is 0.700. The number of hydrogen-bond donors (Lipinski definition) is 1. The molecule has 1 heterocycles. The van der Waals surface area contributed by atoms with Gasteiger partial charge in [-0.05, 0) is 12.5 Å². The van der Waals surface area contributed by atoms with Crippen LogP contribution in [-0.2, 0) is 6.54 Å². The van der Waals surface area contributed by atoms with Gasteiger partial charge in [0.1, 0.15) is 0 Å². The van der Waals surface area contributed by atoms with E-state index in [2.05, 4.69) is 30.7 Å². The zero-order chi connectivity index (χ0) is 10.6. The monoisotopic (exact) mass is 213 g/mol. The topological polar surface area (TPSA) is 42.2 Å². The first kappa shape index (κ1) is 11.5. The van der Waals surface area contributed by atoms with Crippen LogP contribution in [0.1, 0.15) is 25.6 Å². The van der Waals surface area contributed by atoms with Crippen molar-refractivity contribution in [2.24, 2.45) is 5.92 Å². The maximum absolute atomic E-state index is 5.59. The van der Waals surface area contributed by atoms with Gasteiger partial charge in [0, 0.05) is 24.2 Å². The molecular formula is C10H19N3S. The van der Waals surface area contributed by atoms with Crippen molar-refractivity contribution in [1.29, 1.82) is 0 Å². The summed E-state index contributed by atoms with van der Waals surface area (Å²) in [5.74, 6) is 0.709. The largest absolute Gasteiger partial charge is 0.375 e. The molecule has 0 aliphatic rings. The predicted octanol–water partition coefficient (Wildman–Crippen LogP) is 2.20. The molecule has 0 unspecified atom stereocenters. The van der Waals surface area contributed by atoms with E-state index < -0.39 is 0 Å². The molecule has 0 amide bonds. The highest BCUT2D eigenvalue weighted by molar-refractivity contribution is 7.15. The van der Waals surface area contributed by atoms with Crippen molar-refractivity contribution in [3.8, 4) is 0 Å². The number of nitrogen functional groups attached to an aromatic ring is 1. The van der Waals surface area contributed by atoms with Crippen LogP contribution in [0.15, 0.2) is 6.20 Å². The predicted molar refractivity (Wildman–Crippen MR) is 62.3 cm³/mol. The first-order valence-electron chi connectivity index (χ1n) is 5.04. The maximum atomic E-state index is 5.59. The number of aromatic nitrogens is 1. The van der Waals surface area contributed by atoms with E-state index in [0.717, 1.165) is 19.6 Å². The van der Waals surface area contributed by atoms with E-state index in [9.17, 15) is 0 Å². The summed E-state index contributed by atoms with van der Waals surface area (Å²) in [5, 5.41) is 0.667. The summed E-state index contributed by atoms with van der Waals surface area (Å²) >= 11 is 1.58. The average Bonchev–Trinajstić information content (AvgIpc) is 2.49. The molecular weight excluding hydrogens is 194 g/mol. The Labute approximate surface area is 89.9 Å². The van der Waals surface area contributed by atoms with Gasteiger partial charge in [-0.3, -0.25) is 4.90 Å². The standard InChI is InChI=1S/C10H19N3S/c1-4-13(6-8(2)3)7-9-5-12-10(11)14-9/h5,8H,4,6-7H2,1-3H3,(H2,11,12). The fourth-order valence-corrected chi connectivity index (χ4v) is 2.16. The summed E-state index contributed by atoms with van der Waals surface area (Å²) in [7, 11) is 0. The Balaban J connectivity index is 2.48. The van der Waals surface area contributed by atoms with Gasteiger partial charge >= 0.3 is 0 Å². The summed E-state index contributed by atoms with van der Waals surface area (Å²) in [4.78, 5) is 7.72. The third-order valence-electron chi connectivity index (χ3n) is 2.02. The molecule has 0 fully saturated rings. The van der Waals surface area contributed by atoms with Crippen LogP contribution in [0.4, 0.5) is 5.13 Å². The molecule has 0 saturated carbocycles. The van der Waals surface area contributed by atoms with Gasteiger partial charge in [-0.15, -0.1) is 11.3 Å². The SMILES string of the molecule is CCN(Cc1cnc(N)s1)CC(C)C. The highest BCUT2D eigenvalue weighted by atomic mass is 32.1. The zero-order valence-corrected chi connectivity index (χ0v) is 9.97. The Bertz CT molecular complexity index is 270. The van der Waals surface area contributed by atoms with E-state index in [-0.39, 0.29) is 0 Å². The van der Waals surface area contributed by atoms with Crippen LogP contribution in [0.5, 0.6) is 0 Å². The van der Waals surface area contributed by atoms with Crippen molar-refractivity contribution < 1.29 is 0 Å². The molecule has 1 aromatic rings. The van der Waals surface area contributed by atoms with Crippen LogP contribution >= 0.6 is 11.3 Å². The van der Waals surface area contributed by atoms with Gasteiger partial charge in [-0.1, -0.05) is 20.8 Å². The van der Waals surface area contributed by atoms with Crippen molar-refractivity contribution in [2.45, 2.75) is 27.3 Å². The Morgan fingerprint density at radius 3 is 2.71 bits per heavy atom. The molecule has 0 bridgehead atoms. The Morgan fingerprint density at radius 1 is 1.57 bits per heavy atom. The van der Waals surface area contributed by atoms with Crippen LogP contribution in [0.25, 0.3) is 0 Å². The van der Waals surface area contributed by atoms with Gasteiger partial charge in [0.2, 0.25) is 0 Å². The van der Waals surface area contributed by atoms with E-state index in [0.29, 0.717) is 11.0 Å². The minimum atomic E-state index is 0.667. The van der Waals surface area contributed by atoms with E-state index in [1.165, 1.54) is 4.88 Å². The number of hydrogen-bond acceptors (Lipinski definition) is 4. The molecule has 0 aromatic carbocycles. The second-order valence-electron chi connectivity index (χ2n) is 3.89. The Hall–Kier alpha value is -0.610. The van der Waals surface area contributed by atoms with Gasteiger partial charge in [0.15, 0.2) is 5.13 Å². The first-order chi connectivity index (χ1) is 6.61. The van der Waals surface area contributed by atoms with Crippen LogP contribution in [0, 0.1) is 5.92 Å². The van der Waals surface area contributed by atoms with Crippen LogP contribution in [0.3, 0.4) is 0 Å².